The molecule has 2 nitrogen and oxygen atoms in total. The van der Waals surface area contributed by atoms with Crippen molar-refractivity contribution in [3.63, 3.8) is 0 Å². The van der Waals surface area contributed by atoms with E-state index in [1.807, 2.05) is 35.2 Å². The van der Waals surface area contributed by atoms with E-state index in [-0.39, 0.29) is 12.6 Å². The fourth-order valence-electron chi connectivity index (χ4n) is 2.54. The van der Waals surface area contributed by atoms with Crippen LogP contribution in [0.3, 0.4) is 0 Å². The van der Waals surface area contributed by atoms with Gasteiger partial charge in [0.05, 0.1) is 6.54 Å². The lowest BCUT2D eigenvalue weighted by Gasteiger charge is -2.40. The molecule has 0 aliphatic carbocycles. The van der Waals surface area contributed by atoms with Gasteiger partial charge in [0.1, 0.15) is 0 Å². The first-order valence-electron chi connectivity index (χ1n) is 6.51. The van der Waals surface area contributed by atoms with E-state index in [4.69, 9.17) is 0 Å². The summed E-state index contributed by atoms with van der Waals surface area (Å²) in [5.74, 6) is 0. The third-order valence-electron chi connectivity index (χ3n) is 3.55. The molecule has 0 aromatic heterocycles. The highest BCUT2D eigenvalue weighted by Gasteiger charge is 2.29. The van der Waals surface area contributed by atoms with Crippen molar-refractivity contribution in [3.05, 3.63) is 35.9 Å². The Kier molecular flexibility index (Phi) is 4.66. The Bertz CT molecular complexity index is 356. The van der Waals surface area contributed by atoms with E-state index < -0.39 is 6.43 Å². The van der Waals surface area contributed by atoms with Crippen LogP contribution in [0.2, 0.25) is 0 Å². The maximum Gasteiger partial charge on any atom is 0.251 e. The van der Waals surface area contributed by atoms with Gasteiger partial charge in [-0.3, -0.25) is 4.90 Å². The maximum atomic E-state index is 12.7. The lowest BCUT2D eigenvalue weighted by Crippen LogP contribution is -2.53. The van der Waals surface area contributed by atoms with Crippen molar-refractivity contribution in [2.75, 3.05) is 19.6 Å². The molecule has 2 rings (SSSR count). The zero-order valence-corrected chi connectivity index (χ0v) is 10.7. The molecule has 1 aliphatic rings. The van der Waals surface area contributed by atoms with Crippen LogP contribution in [0.15, 0.2) is 30.3 Å². The van der Waals surface area contributed by atoms with E-state index in [1.54, 1.807) is 0 Å². The van der Waals surface area contributed by atoms with E-state index in [1.165, 1.54) is 0 Å². The van der Waals surface area contributed by atoms with Crippen LogP contribution in [0, 0.1) is 0 Å². The summed E-state index contributed by atoms with van der Waals surface area (Å²) in [6.45, 7) is 3.38. The second-order valence-electron chi connectivity index (χ2n) is 4.78. The van der Waals surface area contributed by atoms with Gasteiger partial charge in [-0.05, 0) is 12.0 Å². The molecule has 0 bridgehead atoms. The van der Waals surface area contributed by atoms with Crippen molar-refractivity contribution in [2.45, 2.75) is 31.9 Å². The van der Waals surface area contributed by atoms with Gasteiger partial charge in [0, 0.05) is 25.2 Å². The minimum Gasteiger partial charge on any atom is -0.311 e. The predicted octanol–water partition coefficient (Wildman–Crippen LogP) is 2.68. The number of halogens is 2. The molecule has 18 heavy (non-hydrogen) atoms. The first-order valence-corrected chi connectivity index (χ1v) is 6.51. The van der Waals surface area contributed by atoms with E-state index in [2.05, 4.69) is 12.2 Å². The maximum absolute atomic E-state index is 12.7. The lowest BCUT2D eigenvalue weighted by atomic mass is 10.0. The van der Waals surface area contributed by atoms with Crippen molar-refractivity contribution in [1.82, 2.24) is 10.2 Å². The third-order valence-corrected chi connectivity index (χ3v) is 3.55. The number of nitrogens with one attached hydrogen (secondary N) is 1. The zero-order valence-electron chi connectivity index (χ0n) is 10.7. The van der Waals surface area contributed by atoms with Gasteiger partial charge >= 0.3 is 0 Å². The summed E-state index contributed by atoms with van der Waals surface area (Å²) in [6.07, 6.45) is -1.30. The third kappa shape index (κ3) is 3.27. The smallest absolute Gasteiger partial charge is 0.251 e. The summed E-state index contributed by atoms with van der Waals surface area (Å²) in [6, 6.07) is 10.3. The van der Waals surface area contributed by atoms with Gasteiger partial charge in [-0.25, -0.2) is 8.78 Å². The number of hydrogen-bond acceptors (Lipinski definition) is 2. The molecule has 0 saturated carbocycles. The van der Waals surface area contributed by atoms with Crippen LogP contribution in [0.4, 0.5) is 8.78 Å². The highest BCUT2D eigenvalue weighted by Crippen LogP contribution is 2.24. The number of rotatable bonds is 4. The summed E-state index contributed by atoms with van der Waals surface area (Å²) in [7, 11) is 0. The zero-order chi connectivity index (χ0) is 13.0. The van der Waals surface area contributed by atoms with E-state index in [0.29, 0.717) is 12.6 Å². The normalized spacial score (nSPS) is 25.6. The fraction of sp³-hybridized carbons (Fsp3) is 0.571. The second kappa shape index (κ2) is 6.25. The Morgan fingerprint density at radius 3 is 2.67 bits per heavy atom. The monoisotopic (exact) mass is 254 g/mol. The molecule has 1 saturated heterocycles. The average molecular weight is 254 g/mol. The summed E-state index contributed by atoms with van der Waals surface area (Å²) < 4.78 is 25.4. The van der Waals surface area contributed by atoms with Crippen LogP contribution in [-0.2, 0) is 0 Å². The van der Waals surface area contributed by atoms with Crippen LogP contribution in [0.25, 0.3) is 0 Å². The fourth-order valence-corrected chi connectivity index (χ4v) is 2.54. The van der Waals surface area contributed by atoms with E-state index >= 15 is 0 Å². The lowest BCUT2D eigenvalue weighted by molar-refractivity contribution is 0.0421. The SMILES string of the molecule is CCC1CN(CC(F)F)C(c2ccccc2)CN1. The van der Waals surface area contributed by atoms with Crippen molar-refractivity contribution in [2.24, 2.45) is 0 Å². The van der Waals surface area contributed by atoms with Gasteiger partial charge < -0.3 is 5.32 Å². The summed E-state index contributed by atoms with van der Waals surface area (Å²) in [4.78, 5) is 1.91. The minimum atomic E-state index is -2.27. The highest BCUT2D eigenvalue weighted by atomic mass is 19.3. The largest absolute Gasteiger partial charge is 0.311 e. The Hall–Kier alpha value is -1.00. The van der Waals surface area contributed by atoms with Crippen LogP contribution >= 0.6 is 0 Å². The Morgan fingerprint density at radius 1 is 1.33 bits per heavy atom. The quantitative estimate of drug-likeness (QED) is 0.888. The molecule has 0 amide bonds. The van der Waals surface area contributed by atoms with Crippen molar-refractivity contribution in [3.8, 4) is 0 Å². The molecule has 0 spiro atoms. The Morgan fingerprint density at radius 2 is 2.06 bits per heavy atom. The molecule has 1 aromatic carbocycles. The summed E-state index contributed by atoms with van der Waals surface area (Å²) >= 11 is 0. The molecule has 100 valence electrons. The van der Waals surface area contributed by atoms with Crippen molar-refractivity contribution < 1.29 is 8.78 Å². The molecular weight excluding hydrogens is 234 g/mol. The molecule has 1 aliphatic heterocycles. The van der Waals surface area contributed by atoms with Crippen molar-refractivity contribution in [1.29, 1.82) is 0 Å². The number of benzene rings is 1. The molecule has 1 heterocycles. The second-order valence-corrected chi connectivity index (χ2v) is 4.78. The first-order chi connectivity index (χ1) is 8.70. The molecule has 0 radical (unpaired) electrons. The molecule has 2 atom stereocenters. The summed E-state index contributed by atoms with van der Waals surface area (Å²) in [5.41, 5.74) is 1.11. The number of nitrogens with zero attached hydrogens (tertiary/aromatic N) is 1. The molecule has 1 aromatic rings. The standard InChI is InChI=1S/C14H20F2N2/c1-2-12-9-18(10-14(15)16)13(8-17-12)11-6-4-3-5-7-11/h3-7,12-14,17H,2,8-10H2,1H3. The first kappa shape index (κ1) is 13.4. The minimum absolute atomic E-state index is 0.0583. The molecule has 4 heteroatoms. The van der Waals surface area contributed by atoms with Crippen molar-refractivity contribution >= 4 is 0 Å². The topological polar surface area (TPSA) is 15.3 Å². The van der Waals surface area contributed by atoms with Gasteiger partial charge in [0.25, 0.3) is 6.43 Å². The number of alkyl halides is 2. The molecule has 1 N–H and O–H groups in total. The van der Waals surface area contributed by atoms with E-state index in [9.17, 15) is 8.78 Å². The highest BCUT2D eigenvalue weighted by molar-refractivity contribution is 5.20. The van der Waals surface area contributed by atoms with E-state index in [0.717, 1.165) is 18.5 Å². The molecule has 1 fully saturated rings. The number of hydrogen-bond donors (Lipinski definition) is 1. The average Bonchev–Trinajstić information content (AvgIpc) is 2.39. The Labute approximate surface area is 107 Å². The predicted molar refractivity (Wildman–Crippen MR) is 68.8 cm³/mol. The van der Waals surface area contributed by atoms with Crippen LogP contribution in [0.1, 0.15) is 24.9 Å². The van der Waals surface area contributed by atoms with Gasteiger partial charge in [0.15, 0.2) is 0 Å². The van der Waals surface area contributed by atoms with Gasteiger partial charge in [0.2, 0.25) is 0 Å². The summed E-state index contributed by atoms with van der Waals surface area (Å²) in [5, 5.41) is 3.43. The van der Waals surface area contributed by atoms with Gasteiger partial charge in [-0.2, -0.15) is 0 Å². The van der Waals surface area contributed by atoms with Gasteiger partial charge in [-0.1, -0.05) is 37.3 Å². The van der Waals surface area contributed by atoms with Crippen LogP contribution in [-0.4, -0.2) is 37.0 Å². The molecular formula is C14H20F2N2. The van der Waals surface area contributed by atoms with Crippen LogP contribution in [0.5, 0.6) is 0 Å². The Balaban J connectivity index is 2.12. The molecule has 2 unspecified atom stereocenters. The van der Waals surface area contributed by atoms with Crippen LogP contribution < -0.4 is 5.32 Å². The number of piperazine rings is 1. The van der Waals surface area contributed by atoms with Gasteiger partial charge in [-0.15, -0.1) is 0 Å².